The van der Waals surface area contributed by atoms with Crippen molar-refractivity contribution in [2.24, 2.45) is 0 Å². The number of hydrogen-bond donors (Lipinski definition) is 2. The highest BCUT2D eigenvalue weighted by molar-refractivity contribution is 5.94. The van der Waals surface area contributed by atoms with Gasteiger partial charge in [-0.3, -0.25) is 4.79 Å². The molecule has 2 N–H and O–H groups in total. The van der Waals surface area contributed by atoms with Crippen LogP contribution in [0.3, 0.4) is 0 Å². The van der Waals surface area contributed by atoms with Crippen molar-refractivity contribution in [2.45, 2.75) is 38.3 Å². The molecule has 4 nitrogen and oxygen atoms in total. The van der Waals surface area contributed by atoms with Gasteiger partial charge in [0.1, 0.15) is 0 Å². The summed E-state index contributed by atoms with van der Waals surface area (Å²) in [6.45, 7) is 3.92. The third-order valence-corrected chi connectivity index (χ3v) is 3.75. The van der Waals surface area contributed by atoms with E-state index < -0.39 is 0 Å². The van der Waals surface area contributed by atoms with Crippen molar-refractivity contribution in [1.29, 1.82) is 0 Å². The first-order chi connectivity index (χ1) is 9.69. The molecule has 2 atom stereocenters. The summed E-state index contributed by atoms with van der Waals surface area (Å²) >= 11 is 0. The van der Waals surface area contributed by atoms with Gasteiger partial charge in [-0.25, -0.2) is 0 Å². The molecule has 0 unspecified atom stereocenters. The average Bonchev–Trinajstić information content (AvgIpc) is 2.47. The molecule has 1 heterocycles. The number of hydrogen-bond acceptors (Lipinski definition) is 3. The Bertz CT molecular complexity index is 448. The number of amides is 1. The van der Waals surface area contributed by atoms with E-state index in [4.69, 9.17) is 4.74 Å². The summed E-state index contributed by atoms with van der Waals surface area (Å²) in [5.74, 6) is -0.0296. The summed E-state index contributed by atoms with van der Waals surface area (Å²) in [6.07, 6.45) is 3.47. The smallest absolute Gasteiger partial charge is 0.251 e. The Morgan fingerprint density at radius 1 is 1.45 bits per heavy atom. The van der Waals surface area contributed by atoms with Crippen molar-refractivity contribution in [1.82, 2.24) is 10.6 Å². The van der Waals surface area contributed by atoms with Gasteiger partial charge in [0, 0.05) is 25.3 Å². The van der Waals surface area contributed by atoms with E-state index in [9.17, 15) is 4.79 Å². The first kappa shape index (κ1) is 15.0. The van der Waals surface area contributed by atoms with E-state index >= 15 is 0 Å². The topological polar surface area (TPSA) is 50.4 Å². The monoisotopic (exact) mass is 276 g/mol. The van der Waals surface area contributed by atoms with E-state index in [1.54, 1.807) is 7.05 Å². The third-order valence-electron chi connectivity index (χ3n) is 3.75. The van der Waals surface area contributed by atoms with E-state index in [0.717, 1.165) is 38.0 Å². The average molecular weight is 276 g/mol. The molecule has 1 aliphatic heterocycles. The zero-order chi connectivity index (χ0) is 14.4. The molecule has 4 heteroatoms. The quantitative estimate of drug-likeness (QED) is 0.861. The van der Waals surface area contributed by atoms with Gasteiger partial charge in [0.2, 0.25) is 0 Å². The summed E-state index contributed by atoms with van der Waals surface area (Å²) in [5, 5.41) is 6.24. The first-order valence-corrected chi connectivity index (χ1v) is 7.35. The summed E-state index contributed by atoms with van der Waals surface area (Å²) in [5.41, 5.74) is 1.92. The highest BCUT2D eigenvalue weighted by Crippen LogP contribution is 2.13. The second-order valence-corrected chi connectivity index (χ2v) is 5.39. The Morgan fingerprint density at radius 2 is 2.30 bits per heavy atom. The molecule has 1 amide bonds. The summed E-state index contributed by atoms with van der Waals surface area (Å²) in [6, 6.07) is 8.38. The van der Waals surface area contributed by atoms with Gasteiger partial charge >= 0.3 is 0 Å². The van der Waals surface area contributed by atoms with Crippen LogP contribution in [-0.2, 0) is 11.2 Å². The van der Waals surface area contributed by atoms with E-state index in [0.29, 0.717) is 12.1 Å². The predicted octanol–water partition coefficient (Wildman–Crippen LogP) is 1.75. The maximum absolute atomic E-state index is 11.6. The molecule has 0 aromatic heterocycles. The molecule has 0 spiro atoms. The van der Waals surface area contributed by atoms with Gasteiger partial charge in [0.05, 0.1) is 6.10 Å². The zero-order valence-electron chi connectivity index (χ0n) is 12.3. The second-order valence-electron chi connectivity index (χ2n) is 5.39. The standard InChI is InChI=1S/C16H24N2O2/c1-12-10-15(7-9-20-12)18-8-6-13-4-3-5-14(11-13)16(19)17-2/h3-5,11-12,15,18H,6-10H2,1-2H3,(H,17,19)/t12-,15+/m0/s1. The van der Waals surface area contributed by atoms with Crippen molar-refractivity contribution in [3.63, 3.8) is 0 Å². The number of rotatable bonds is 5. The Labute approximate surface area is 120 Å². The van der Waals surface area contributed by atoms with E-state index in [-0.39, 0.29) is 5.91 Å². The Hall–Kier alpha value is -1.39. The van der Waals surface area contributed by atoms with Gasteiger partial charge in [-0.2, -0.15) is 0 Å². The van der Waals surface area contributed by atoms with Crippen LogP contribution in [0.1, 0.15) is 35.7 Å². The number of carbonyl (C=O) groups excluding carboxylic acids is 1. The molecule has 110 valence electrons. The van der Waals surface area contributed by atoms with Gasteiger partial charge in [0.15, 0.2) is 0 Å². The van der Waals surface area contributed by atoms with Gasteiger partial charge < -0.3 is 15.4 Å². The highest BCUT2D eigenvalue weighted by atomic mass is 16.5. The molecular formula is C16H24N2O2. The lowest BCUT2D eigenvalue weighted by atomic mass is 10.0. The Kier molecular flexibility index (Phi) is 5.56. The fourth-order valence-electron chi connectivity index (χ4n) is 2.62. The number of nitrogens with one attached hydrogen (secondary N) is 2. The second kappa shape index (κ2) is 7.41. The first-order valence-electron chi connectivity index (χ1n) is 7.35. The van der Waals surface area contributed by atoms with Gasteiger partial charge in [-0.1, -0.05) is 12.1 Å². The van der Waals surface area contributed by atoms with Crippen LogP contribution in [0.5, 0.6) is 0 Å². The van der Waals surface area contributed by atoms with Crippen LogP contribution in [0.2, 0.25) is 0 Å². The minimum absolute atomic E-state index is 0.0296. The lowest BCUT2D eigenvalue weighted by molar-refractivity contribution is 0.0135. The van der Waals surface area contributed by atoms with Crippen LogP contribution in [0.25, 0.3) is 0 Å². The third kappa shape index (κ3) is 4.32. The normalized spacial score (nSPS) is 22.5. The molecule has 1 saturated heterocycles. The zero-order valence-corrected chi connectivity index (χ0v) is 12.3. The largest absolute Gasteiger partial charge is 0.378 e. The lowest BCUT2D eigenvalue weighted by Crippen LogP contribution is -2.38. The molecule has 0 bridgehead atoms. The predicted molar refractivity (Wildman–Crippen MR) is 80.0 cm³/mol. The van der Waals surface area contributed by atoms with Crippen molar-refractivity contribution in [2.75, 3.05) is 20.2 Å². The highest BCUT2D eigenvalue weighted by Gasteiger charge is 2.18. The SMILES string of the molecule is CNC(=O)c1cccc(CCN[C@@H]2CCO[C@@H](C)C2)c1. The van der Waals surface area contributed by atoms with Crippen molar-refractivity contribution in [3.05, 3.63) is 35.4 Å². The number of benzene rings is 1. The Balaban J connectivity index is 1.80. The molecule has 1 aliphatic rings. The van der Waals surface area contributed by atoms with Crippen molar-refractivity contribution < 1.29 is 9.53 Å². The molecule has 20 heavy (non-hydrogen) atoms. The summed E-state index contributed by atoms with van der Waals surface area (Å²) in [7, 11) is 1.66. The maximum Gasteiger partial charge on any atom is 0.251 e. The van der Waals surface area contributed by atoms with E-state index in [1.165, 1.54) is 5.56 Å². The van der Waals surface area contributed by atoms with Crippen molar-refractivity contribution >= 4 is 5.91 Å². The van der Waals surface area contributed by atoms with Crippen LogP contribution in [0, 0.1) is 0 Å². The fraction of sp³-hybridized carbons (Fsp3) is 0.562. The maximum atomic E-state index is 11.6. The van der Waals surface area contributed by atoms with Crippen LogP contribution >= 0.6 is 0 Å². The Morgan fingerprint density at radius 3 is 3.05 bits per heavy atom. The van der Waals surface area contributed by atoms with Crippen LogP contribution in [0.15, 0.2) is 24.3 Å². The molecule has 0 radical (unpaired) electrons. The lowest BCUT2D eigenvalue weighted by Gasteiger charge is -2.28. The molecule has 1 aromatic rings. The summed E-state index contributed by atoms with van der Waals surface area (Å²) in [4.78, 5) is 11.6. The van der Waals surface area contributed by atoms with E-state index in [2.05, 4.69) is 23.6 Å². The van der Waals surface area contributed by atoms with E-state index in [1.807, 2.05) is 18.2 Å². The molecule has 1 fully saturated rings. The van der Waals surface area contributed by atoms with Crippen LogP contribution in [0.4, 0.5) is 0 Å². The molecule has 0 aliphatic carbocycles. The number of carbonyl (C=O) groups is 1. The fourth-order valence-corrected chi connectivity index (χ4v) is 2.62. The van der Waals surface area contributed by atoms with Gasteiger partial charge in [-0.05, 0) is 50.4 Å². The molecule has 0 saturated carbocycles. The molecule has 1 aromatic carbocycles. The summed E-state index contributed by atoms with van der Waals surface area (Å²) < 4.78 is 5.54. The van der Waals surface area contributed by atoms with Crippen LogP contribution < -0.4 is 10.6 Å². The minimum Gasteiger partial charge on any atom is -0.378 e. The van der Waals surface area contributed by atoms with Gasteiger partial charge in [0.25, 0.3) is 5.91 Å². The molecule has 2 rings (SSSR count). The van der Waals surface area contributed by atoms with Gasteiger partial charge in [-0.15, -0.1) is 0 Å². The minimum atomic E-state index is -0.0296. The molecular weight excluding hydrogens is 252 g/mol. The van der Waals surface area contributed by atoms with Crippen molar-refractivity contribution in [3.8, 4) is 0 Å². The number of ether oxygens (including phenoxy) is 1. The van der Waals surface area contributed by atoms with Crippen LogP contribution in [-0.4, -0.2) is 38.3 Å².